The van der Waals surface area contributed by atoms with Crippen molar-refractivity contribution in [3.05, 3.63) is 102 Å². The number of fused-ring (bicyclic) bond motifs is 4. The molecule has 5 aromatic rings. The van der Waals surface area contributed by atoms with Gasteiger partial charge in [0.15, 0.2) is 0 Å². The third-order valence-corrected chi connectivity index (χ3v) is 5.35. The smallest absolute Gasteiger partial charge is 0.332 e. The average Bonchev–Trinajstić information content (AvgIpc) is 3.45. The summed E-state index contributed by atoms with van der Waals surface area (Å²) in [7, 11) is 0. The van der Waals surface area contributed by atoms with Crippen molar-refractivity contribution in [3.63, 3.8) is 0 Å². The number of aryl methyl sites for hydroxylation is 1. The average molecular weight is 427 g/mol. The van der Waals surface area contributed by atoms with Crippen molar-refractivity contribution in [2.24, 2.45) is 0 Å². The molecule has 1 aliphatic rings. The molecule has 4 aromatic carbocycles. The largest absolute Gasteiger partial charge is 2.00 e. The van der Waals surface area contributed by atoms with Crippen LogP contribution in [0.15, 0.2) is 91.0 Å². The van der Waals surface area contributed by atoms with Crippen molar-refractivity contribution in [1.29, 1.82) is 0 Å². The third kappa shape index (κ3) is 3.28. The number of hydrogen-bond acceptors (Lipinski definition) is 0. The zero-order valence-electron chi connectivity index (χ0n) is 15.2. The molecule has 0 fully saturated rings. The topological polar surface area (TPSA) is 4.93 Å². The van der Waals surface area contributed by atoms with E-state index in [0.717, 1.165) is 0 Å². The van der Waals surface area contributed by atoms with Crippen LogP contribution in [0.5, 0.6) is 0 Å². The van der Waals surface area contributed by atoms with E-state index in [9.17, 15) is 0 Å². The van der Waals surface area contributed by atoms with Crippen molar-refractivity contribution in [2.45, 2.75) is 19.3 Å². The molecule has 2 heteroatoms. The molecule has 0 aliphatic heterocycles. The van der Waals surface area contributed by atoms with Crippen molar-refractivity contribution in [1.82, 2.24) is 4.57 Å². The Hall–Kier alpha value is -2.18. The van der Waals surface area contributed by atoms with Gasteiger partial charge in [0.25, 0.3) is 0 Å². The quantitative estimate of drug-likeness (QED) is 0.274. The summed E-state index contributed by atoms with van der Waals surface area (Å²) in [6.45, 7) is 0. The van der Waals surface area contributed by atoms with Gasteiger partial charge in [0.1, 0.15) is 0 Å². The Morgan fingerprint density at radius 1 is 0.815 bits per heavy atom. The summed E-state index contributed by atoms with van der Waals surface area (Å²) in [5.74, 6) is 0. The summed E-state index contributed by atoms with van der Waals surface area (Å²) in [4.78, 5) is 0. The molecule has 0 saturated heterocycles. The van der Waals surface area contributed by atoms with Crippen LogP contribution in [0.4, 0.5) is 0 Å². The van der Waals surface area contributed by atoms with Gasteiger partial charge in [-0.2, -0.15) is 18.2 Å². The second-order valence-electron chi connectivity index (χ2n) is 6.94. The van der Waals surface area contributed by atoms with E-state index in [1.54, 1.807) is 5.56 Å². The van der Waals surface area contributed by atoms with Crippen molar-refractivity contribution >= 4 is 21.7 Å². The zero-order chi connectivity index (χ0) is 17.3. The van der Waals surface area contributed by atoms with E-state index in [2.05, 4.69) is 65.2 Å². The Kier molecular flexibility index (Phi) is 5.27. The van der Waals surface area contributed by atoms with Gasteiger partial charge in [-0.15, -0.1) is 41.1 Å². The first kappa shape index (κ1) is 18.2. The first-order chi connectivity index (χ1) is 12.9. The number of nitrogens with zero attached hydrogens (tertiary/aromatic N) is 1. The number of aromatic nitrogens is 1. The van der Waals surface area contributed by atoms with Crippen LogP contribution in [0.3, 0.4) is 0 Å². The van der Waals surface area contributed by atoms with Crippen LogP contribution in [0.2, 0.25) is 0 Å². The molecule has 0 N–H and O–H groups in total. The summed E-state index contributed by atoms with van der Waals surface area (Å²) < 4.78 is 2.48. The van der Waals surface area contributed by atoms with E-state index in [-0.39, 0.29) is 26.2 Å². The van der Waals surface area contributed by atoms with Gasteiger partial charge in [0.2, 0.25) is 0 Å². The molecule has 27 heavy (non-hydrogen) atoms. The Morgan fingerprint density at radius 3 is 2.37 bits per heavy atom. The fourth-order valence-electron chi connectivity index (χ4n) is 4.21. The van der Waals surface area contributed by atoms with Gasteiger partial charge in [-0.1, -0.05) is 24.3 Å². The second-order valence-corrected chi connectivity index (χ2v) is 6.94. The van der Waals surface area contributed by atoms with Crippen LogP contribution in [0.1, 0.15) is 17.7 Å². The fraction of sp³-hybridized carbons (Fsp3) is 0.120. The number of hydrogen-bond donors (Lipinski definition) is 0. The Balaban J connectivity index is 0.000000264. The molecule has 0 amide bonds. The molecule has 6 rings (SSSR count). The fourth-order valence-corrected chi connectivity index (χ4v) is 4.21. The molecule has 1 heterocycles. The molecular weight excluding hydrogens is 406 g/mol. The van der Waals surface area contributed by atoms with Gasteiger partial charge < -0.3 is 4.57 Å². The minimum atomic E-state index is 0. The normalized spacial score (nSPS) is 12.4. The Morgan fingerprint density at radius 2 is 1.59 bits per heavy atom. The Labute approximate surface area is 179 Å². The maximum Gasteiger partial charge on any atom is 2.00 e. The van der Waals surface area contributed by atoms with Crippen LogP contribution in [-0.4, -0.2) is 4.57 Å². The SMILES string of the molecule is [Zr+2].c1cc[cH-]c1.c1ccc2[cH-]c(-n3c4c(c5ccccc53)CCC4)cc2c1. The standard InChI is InChI=1S/C20H16N.C5H5.Zr/c1-2-7-15-13-16(12-14(15)6-1)21-19-10-4-3-8-17(19)18-9-5-11-20(18)21;1-2-4-5-3-1;/h1-4,6-8,10,12-13H,5,9,11H2;1-5H;/q2*-1;+2. The zero-order valence-corrected chi connectivity index (χ0v) is 17.7. The van der Waals surface area contributed by atoms with E-state index >= 15 is 0 Å². The van der Waals surface area contributed by atoms with E-state index in [1.807, 2.05) is 30.3 Å². The number of benzene rings is 2. The molecule has 1 aliphatic carbocycles. The predicted octanol–water partition coefficient (Wildman–Crippen LogP) is 6.39. The van der Waals surface area contributed by atoms with Crippen molar-refractivity contribution in [2.75, 3.05) is 0 Å². The summed E-state index contributed by atoms with van der Waals surface area (Å²) in [5.41, 5.74) is 5.76. The molecule has 0 atom stereocenters. The van der Waals surface area contributed by atoms with Gasteiger partial charge in [0, 0.05) is 11.1 Å². The van der Waals surface area contributed by atoms with Gasteiger partial charge in [-0.05, 0) is 36.6 Å². The number of para-hydroxylation sites is 1. The molecule has 1 aromatic heterocycles. The van der Waals surface area contributed by atoms with E-state index in [4.69, 9.17) is 0 Å². The maximum absolute atomic E-state index is 2.48. The van der Waals surface area contributed by atoms with Crippen LogP contribution in [-0.2, 0) is 39.0 Å². The van der Waals surface area contributed by atoms with E-state index < -0.39 is 0 Å². The molecule has 0 bridgehead atoms. The summed E-state index contributed by atoms with van der Waals surface area (Å²) >= 11 is 0. The van der Waals surface area contributed by atoms with Crippen LogP contribution in [0, 0.1) is 0 Å². The molecule has 130 valence electrons. The minimum absolute atomic E-state index is 0. The van der Waals surface area contributed by atoms with Gasteiger partial charge in [-0.25, -0.2) is 12.1 Å². The van der Waals surface area contributed by atoms with Crippen LogP contribution >= 0.6 is 0 Å². The van der Waals surface area contributed by atoms with Crippen LogP contribution < -0.4 is 0 Å². The van der Waals surface area contributed by atoms with Gasteiger partial charge in [0.05, 0.1) is 5.52 Å². The predicted molar refractivity (Wildman–Crippen MR) is 110 cm³/mol. The molecular formula is C25H21NZr. The third-order valence-electron chi connectivity index (χ3n) is 5.35. The monoisotopic (exact) mass is 425 g/mol. The molecule has 0 saturated carbocycles. The summed E-state index contributed by atoms with van der Waals surface area (Å²) in [6.07, 6.45) is 3.71. The van der Waals surface area contributed by atoms with Crippen molar-refractivity contribution < 1.29 is 26.2 Å². The molecule has 1 nitrogen and oxygen atoms in total. The first-order valence-corrected chi connectivity index (χ1v) is 9.35. The first-order valence-electron chi connectivity index (χ1n) is 9.35. The summed E-state index contributed by atoms with van der Waals surface area (Å²) in [5, 5.41) is 4.10. The maximum atomic E-state index is 2.48. The van der Waals surface area contributed by atoms with Gasteiger partial charge in [-0.3, -0.25) is 0 Å². The van der Waals surface area contributed by atoms with Crippen LogP contribution in [0.25, 0.3) is 27.4 Å². The molecule has 0 unspecified atom stereocenters. The number of rotatable bonds is 1. The molecule has 0 spiro atoms. The van der Waals surface area contributed by atoms with E-state index in [1.165, 1.54) is 52.3 Å². The van der Waals surface area contributed by atoms with E-state index in [0.29, 0.717) is 0 Å². The molecule has 0 radical (unpaired) electrons. The van der Waals surface area contributed by atoms with Crippen molar-refractivity contribution in [3.8, 4) is 5.69 Å². The summed E-state index contributed by atoms with van der Waals surface area (Å²) in [6, 6.07) is 32.1. The second kappa shape index (κ2) is 7.82. The minimum Gasteiger partial charge on any atom is -0.332 e. The Bertz CT molecular complexity index is 1110. The van der Waals surface area contributed by atoms with Gasteiger partial charge >= 0.3 is 26.2 Å².